The molecule has 2 N–H and O–H groups in total. The van der Waals surface area contributed by atoms with Crippen LogP contribution in [0.3, 0.4) is 0 Å². The van der Waals surface area contributed by atoms with Gasteiger partial charge in [0.1, 0.15) is 0 Å². The first-order valence-corrected chi connectivity index (χ1v) is 7.71. The molecule has 0 saturated heterocycles. The molecule has 0 heterocycles. The summed E-state index contributed by atoms with van der Waals surface area (Å²) in [6.07, 6.45) is 1.66. The summed E-state index contributed by atoms with van der Waals surface area (Å²) in [5, 5.41) is 0. The molecular formula is C15H22BrNO4. The van der Waals surface area contributed by atoms with E-state index in [0.29, 0.717) is 18.1 Å². The number of rotatable bonds is 8. The molecule has 5 nitrogen and oxygen atoms in total. The molecule has 1 aromatic rings. The van der Waals surface area contributed by atoms with Crippen LogP contribution in [-0.4, -0.2) is 32.3 Å². The molecule has 0 aliphatic carbocycles. The Hall–Kier alpha value is -1.27. The van der Waals surface area contributed by atoms with Crippen LogP contribution in [-0.2, 0) is 16.0 Å². The smallest absolute Gasteiger partial charge is 0.344 e. The Morgan fingerprint density at radius 2 is 2.10 bits per heavy atom. The van der Waals surface area contributed by atoms with Crippen molar-refractivity contribution in [3.8, 4) is 11.5 Å². The number of carbonyl (C=O) groups excluding carboxylic acids is 1. The average Bonchev–Trinajstić information content (AvgIpc) is 2.45. The quantitative estimate of drug-likeness (QED) is 0.722. The lowest BCUT2D eigenvalue weighted by Crippen LogP contribution is -2.21. The summed E-state index contributed by atoms with van der Waals surface area (Å²) in [5.41, 5.74) is 7.02. The Bertz CT molecular complexity index is 479. The van der Waals surface area contributed by atoms with Gasteiger partial charge in [-0.2, -0.15) is 0 Å². The number of esters is 1. The number of methoxy groups -OCH3 is 1. The van der Waals surface area contributed by atoms with Crippen molar-refractivity contribution in [1.82, 2.24) is 0 Å². The molecule has 0 spiro atoms. The van der Waals surface area contributed by atoms with Gasteiger partial charge < -0.3 is 19.9 Å². The van der Waals surface area contributed by atoms with Gasteiger partial charge in [0.2, 0.25) is 0 Å². The molecule has 0 bridgehead atoms. The lowest BCUT2D eigenvalue weighted by molar-refractivity contribution is -0.145. The first-order valence-electron chi connectivity index (χ1n) is 6.92. The Labute approximate surface area is 133 Å². The van der Waals surface area contributed by atoms with Gasteiger partial charge in [0, 0.05) is 6.04 Å². The first kappa shape index (κ1) is 17.8. The van der Waals surface area contributed by atoms with Gasteiger partial charge in [0.15, 0.2) is 18.1 Å². The normalized spacial score (nSPS) is 11.9. The fraction of sp³-hybridized carbons (Fsp3) is 0.533. The Balaban J connectivity index is 2.86. The number of nitrogens with two attached hydrogens (primary N) is 1. The van der Waals surface area contributed by atoms with Crippen molar-refractivity contribution < 1.29 is 19.0 Å². The van der Waals surface area contributed by atoms with Crippen molar-refractivity contribution in [3.05, 3.63) is 22.2 Å². The molecule has 1 rings (SSSR count). The largest absolute Gasteiger partial charge is 0.493 e. The second kappa shape index (κ2) is 8.89. The van der Waals surface area contributed by atoms with Crippen molar-refractivity contribution >= 4 is 21.9 Å². The highest BCUT2D eigenvalue weighted by atomic mass is 79.9. The average molecular weight is 360 g/mol. The highest BCUT2D eigenvalue weighted by Gasteiger charge is 2.15. The summed E-state index contributed by atoms with van der Waals surface area (Å²) in [6.45, 7) is 3.97. The zero-order valence-electron chi connectivity index (χ0n) is 12.6. The van der Waals surface area contributed by atoms with Gasteiger partial charge in [-0.05, 0) is 53.4 Å². The molecular weight excluding hydrogens is 338 g/mol. The standard InChI is InChI=1S/C15H22BrNO4/c1-4-11(17)6-10-7-12(16)15(13(8-10)19-3)21-9-14(18)20-5-2/h7-8,11H,4-6,9,17H2,1-3H3. The van der Waals surface area contributed by atoms with Gasteiger partial charge in [-0.1, -0.05) is 6.92 Å². The molecule has 21 heavy (non-hydrogen) atoms. The summed E-state index contributed by atoms with van der Waals surface area (Å²) < 4.78 is 16.4. The molecule has 0 radical (unpaired) electrons. The van der Waals surface area contributed by atoms with Crippen molar-refractivity contribution in [3.63, 3.8) is 0 Å². The number of carbonyl (C=O) groups is 1. The van der Waals surface area contributed by atoms with E-state index in [1.165, 1.54) is 0 Å². The Morgan fingerprint density at radius 3 is 2.67 bits per heavy atom. The maximum atomic E-state index is 11.4. The van der Waals surface area contributed by atoms with E-state index < -0.39 is 5.97 Å². The summed E-state index contributed by atoms with van der Waals surface area (Å²) >= 11 is 3.44. The number of halogens is 1. The predicted octanol–water partition coefficient (Wildman–Crippen LogP) is 2.68. The third-order valence-corrected chi connectivity index (χ3v) is 3.54. The number of hydrogen-bond acceptors (Lipinski definition) is 5. The van der Waals surface area contributed by atoms with Crippen LogP contribution in [0.2, 0.25) is 0 Å². The molecule has 0 saturated carbocycles. The van der Waals surface area contributed by atoms with E-state index in [2.05, 4.69) is 15.9 Å². The van der Waals surface area contributed by atoms with Crippen LogP contribution >= 0.6 is 15.9 Å². The lowest BCUT2D eigenvalue weighted by atomic mass is 10.0. The van der Waals surface area contributed by atoms with Crippen molar-refractivity contribution in [2.24, 2.45) is 5.73 Å². The highest BCUT2D eigenvalue weighted by molar-refractivity contribution is 9.10. The SMILES string of the molecule is CCOC(=O)COc1c(Br)cc(CC(N)CC)cc1OC. The summed E-state index contributed by atoms with van der Waals surface area (Å²) in [4.78, 5) is 11.4. The van der Waals surface area contributed by atoms with Crippen LogP contribution in [0.4, 0.5) is 0 Å². The monoisotopic (exact) mass is 359 g/mol. The summed E-state index contributed by atoms with van der Waals surface area (Å²) in [7, 11) is 1.56. The zero-order valence-corrected chi connectivity index (χ0v) is 14.2. The maximum absolute atomic E-state index is 11.4. The van der Waals surface area contributed by atoms with E-state index in [9.17, 15) is 4.79 Å². The molecule has 118 valence electrons. The summed E-state index contributed by atoms with van der Waals surface area (Å²) in [6, 6.07) is 3.91. The second-order valence-corrected chi connectivity index (χ2v) is 5.43. The zero-order chi connectivity index (χ0) is 15.8. The second-order valence-electron chi connectivity index (χ2n) is 4.58. The Kier molecular flexibility index (Phi) is 7.53. The van der Waals surface area contributed by atoms with E-state index in [-0.39, 0.29) is 12.6 Å². The number of benzene rings is 1. The molecule has 0 aliphatic heterocycles. The van der Waals surface area contributed by atoms with Crippen LogP contribution < -0.4 is 15.2 Å². The van der Waals surface area contributed by atoms with Crippen LogP contribution in [0.5, 0.6) is 11.5 Å². The number of ether oxygens (including phenoxy) is 3. The van der Waals surface area contributed by atoms with Crippen LogP contribution in [0.15, 0.2) is 16.6 Å². The molecule has 0 aliphatic rings. The minimum atomic E-state index is -0.413. The van der Waals surface area contributed by atoms with Gasteiger partial charge in [-0.25, -0.2) is 4.79 Å². The molecule has 1 unspecified atom stereocenters. The maximum Gasteiger partial charge on any atom is 0.344 e. The van der Waals surface area contributed by atoms with E-state index >= 15 is 0 Å². The molecule has 1 aromatic carbocycles. The molecule has 1 atom stereocenters. The van der Waals surface area contributed by atoms with E-state index in [0.717, 1.165) is 22.9 Å². The summed E-state index contributed by atoms with van der Waals surface area (Å²) in [5.74, 6) is 0.634. The molecule has 6 heteroatoms. The van der Waals surface area contributed by atoms with Gasteiger partial charge in [0.05, 0.1) is 18.2 Å². The van der Waals surface area contributed by atoms with E-state index in [4.69, 9.17) is 19.9 Å². The van der Waals surface area contributed by atoms with E-state index in [1.807, 2.05) is 19.1 Å². The number of hydrogen-bond donors (Lipinski definition) is 1. The molecule has 0 amide bonds. The fourth-order valence-corrected chi connectivity index (χ4v) is 2.42. The van der Waals surface area contributed by atoms with Crippen molar-refractivity contribution in [1.29, 1.82) is 0 Å². The van der Waals surface area contributed by atoms with Crippen LogP contribution in [0, 0.1) is 0 Å². The van der Waals surface area contributed by atoms with Gasteiger partial charge in [0.25, 0.3) is 0 Å². The van der Waals surface area contributed by atoms with Crippen LogP contribution in [0.1, 0.15) is 25.8 Å². The minimum absolute atomic E-state index is 0.105. The van der Waals surface area contributed by atoms with Gasteiger partial charge in [-0.3, -0.25) is 0 Å². The third kappa shape index (κ3) is 5.55. The van der Waals surface area contributed by atoms with E-state index in [1.54, 1.807) is 14.0 Å². The van der Waals surface area contributed by atoms with Crippen molar-refractivity contribution in [2.45, 2.75) is 32.7 Å². The molecule has 0 aromatic heterocycles. The van der Waals surface area contributed by atoms with Crippen molar-refractivity contribution in [2.75, 3.05) is 20.3 Å². The fourth-order valence-electron chi connectivity index (χ4n) is 1.81. The third-order valence-electron chi connectivity index (χ3n) is 2.95. The highest BCUT2D eigenvalue weighted by Crippen LogP contribution is 2.37. The first-order chi connectivity index (χ1) is 10.0. The van der Waals surface area contributed by atoms with Crippen LogP contribution in [0.25, 0.3) is 0 Å². The predicted molar refractivity (Wildman–Crippen MR) is 84.8 cm³/mol. The minimum Gasteiger partial charge on any atom is -0.493 e. The van der Waals surface area contributed by atoms with Gasteiger partial charge in [-0.15, -0.1) is 0 Å². The van der Waals surface area contributed by atoms with Gasteiger partial charge >= 0.3 is 5.97 Å². The molecule has 0 fully saturated rings. The lowest BCUT2D eigenvalue weighted by Gasteiger charge is -2.15. The topological polar surface area (TPSA) is 70.8 Å². The Morgan fingerprint density at radius 1 is 1.38 bits per heavy atom.